The molecule has 1 aliphatic rings. The third-order valence-electron chi connectivity index (χ3n) is 4.47. The van der Waals surface area contributed by atoms with E-state index in [-0.39, 0.29) is 5.91 Å². The van der Waals surface area contributed by atoms with Gasteiger partial charge in [0.15, 0.2) is 6.54 Å². The highest BCUT2D eigenvalue weighted by molar-refractivity contribution is 6.33. The van der Waals surface area contributed by atoms with Crippen LogP contribution in [0.1, 0.15) is 0 Å². The van der Waals surface area contributed by atoms with Crippen LogP contribution in [-0.4, -0.2) is 45.7 Å². The molecule has 0 radical (unpaired) electrons. The highest BCUT2D eigenvalue weighted by Crippen LogP contribution is 2.20. The summed E-state index contributed by atoms with van der Waals surface area (Å²) in [6.07, 6.45) is 0. The zero-order valence-corrected chi connectivity index (χ0v) is 15.1. The maximum Gasteiger partial charge on any atom is 0.279 e. The molecule has 1 aliphatic heterocycles. The zero-order valence-electron chi connectivity index (χ0n) is 14.3. The van der Waals surface area contributed by atoms with E-state index in [9.17, 15) is 4.79 Å². The average molecular weight is 361 g/mol. The van der Waals surface area contributed by atoms with E-state index in [1.165, 1.54) is 10.6 Å². The predicted molar refractivity (Wildman–Crippen MR) is 101 cm³/mol. The van der Waals surface area contributed by atoms with E-state index >= 15 is 0 Å². The van der Waals surface area contributed by atoms with Gasteiger partial charge in [-0.05, 0) is 36.4 Å². The number of hydrogen-bond donors (Lipinski definition) is 2. The second-order valence-electron chi connectivity index (χ2n) is 6.14. The van der Waals surface area contributed by atoms with Crippen LogP contribution in [0.25, 0.3) is 0 Å². The summed E-state index contributed by atoms with van der Waals surface area (Å²) in [6.45, 7) is 4.19. The molecule has 1 heterocycles. The van der Waals surface area contributed by atoms with Crippen LogP contribution >= 0.6 is 11.6 Å². The van der Waals surface area contributed by atoms with Crippen molar-refractivity contribution in [3.05, 3.63) is 53.6 Å². The van der Waals surface area contributed by atoms with Crippen molar-refractivity contribution < 1.29 is 14.4 Å². The number of hydrogen-bond acceptors (Lipinski definition) is 3. The van der Waals surface area contributed by atoms with Gasteiger partial charge in [0.25, 0.3) is 5.91 Å². The van der Waals surface area contributed by atoms with E-state index in [1.807, 2.05) is 30.3 Å². The van der Waals surface area contributed by atoms with Crippen LogP contribution < -0.4 is 19.9 Å². The first kappa shape index (κ1) is 17.6. The molecule has 25 heavy (non-hydrogen) atoms. The first-order chi connectivity index (χ1) is 12.2. The van der Waals surface area contributed by atoms with Crippen molar-refractivity contribution in [3.8, 4) is 5.75 Å². The number of piperazine rings is 1. The van der Waals surface area contributed by atoms with E-state index in [0.717, 1.165) is 31.9 Å². The number of halogens is 1. The van der Waals surface area contributed by atoms with Gasteiger partial charge in [0, 0.05) is 5.69 Å². The van der Waals surface area contributed by atoms with E-state index in [2.05, 4.69) is 22.3 Å². The van der Waals surface area contributed by atoms with Crippen LogP contribution in [0.3, 0.4) is 0 Å². The Bertz CT molecular complexity index is 713. The highest BCUT2D eigenvalue weighted by Gasteiger charge is 2.22. The van der Waals surface area contributed by atoms with Gasteiger partial charge in [-0.15, -0.1) is 0 Å². The molecule has 0 aliphatic carbocycles. The van der Waals surface area contributed by atoms with Crippen molar-refractivity contribution in [3.63, 3.8) is 0 Å². The standard InChI is InChI=1S/C19H22ClN3O2/c1-25-16-8-6-15(7-9-16)23-12-10-22(11-13-23)14-19(24)21-18-5-3-2-4-17(18)20/h2-9H,10-14H2,1H3,(H,21,24)/p+1. The molecule has 0 unspecified atom stereocenters. The quantitative estimate of drug-likeness (QED) is 0.853. The number of methoxy groups -OCH3 is 1. The summed E-state index contributed by atoms with van der Waals surface area (Å²) >= 11 is 6.08. The molecule has 2 aromatic rings. The lowest BCUT2D eigenvalue weighted by Crippen LogP contribution is -3.15. The van der Waals surface area contributed by atoms with Crippen LogP contribution in [0.15, 0.2) is 48.5 Å². The van der Waals surface area contributed by atoms with Crippen LogP contribution in [0.4, 0.5) is 11.4 Å². The molecule has 0 aromatic heterocycles. The van der Waals surface area contributed by atoms with Gasteiger partial charge in [0.2, 0.25) is 0 Å². The summed E-state index contributed by atoms with van der Waals surface area (Å²) in [5.74, 6) is 0.866. The number of amides is 1. The van der Waals surface area contributed by atoms with Gasteiger partial charge in [-0.2, -0.15) is 0 Å². The number of rotatable bonds is 5. The fraction of sp³-hybridized carbons (Fsp3) is 0.316. The molecule has 2 N–H and O–H groups in total. The molecule has 0 bridgehead atoms. The Hall–Kier alpha value is -2.24. The summed E-state index contributed by atoms with van der Waals surface area (Å²) in [4.78, 5) is 15.9. The lowest BCUT2D eigenvalue weighted by molar-refractivity contribution is -0.892. The van der Waals surface area contributed by atoms with E-state index < -0.39 is 0 Å². The number of nitrogens with zero attached hydrogens (tertiary/aromatic N) is 1. The Labute approximate surface area is 153 Å². The van der Waals surface area contributed by atoms with Crippen molar-refractivity contribution in [2.75, 3.05) is 50.1 Å². The fourth-order valence-corrected chi connectivity index (χ4v) is 3.22. The molecule has 0 spiro atoms. The van der Waals surface area contributed by atoms with Gasteiger partial charge in [0.05, 0.1) is 44.0 Å². The SMILES string of the molecule is COc1ccc(N2CC[NH+](CC(=O)Nc3ccccc3Cl)CC2)cc1. The Morgan fingerprint density at radius 1 is 1.16 bits per heavy atom. The third kappa shape index (κ3) is 4.65. The van der Waals surface area contributed by atoms with Gasteiger partial charge >= 0.3 is 0 Å². The Morgan fingerprint density at radius 3 is 2.48 bits per heavy atom. The molecule has 1 amide bonds. The summed E-state index contributed by atoms with van der Waals surface area (Å²) in [7, 11) is 1.67. The molecule has 1 saturated heterocycles. The summed E-state index contributed by atoms with van der Waals surface area (Å²) in [5.41, 5.74) is 1.87. The number of carbonyl (C=O) groups excluding carboxylic acids is 1. The van der Waals surface area contributed by atoms with Crippen LogP contribution in [-0.2, 0) is 4.79 Å². The largest absolute Gasteiger partial charge is 0.497 e. The predicted octanol–water partition coefficient (Wildman–Crippen LogP) is 1.69. The number of quaternary nitrogens is 1. The third-order valence-corrected chi connectivity index (χ3v) is 4.80. The average Bonchev–Trinajstić information content (AvgIpc) is 2.64. The first-order valence-corrected chi connectivity index (χ1v) is 8.80. The first-order valence-electron chi connectivity index (χ1n) is 8.42. The lowest BCUT2D eigenvalue weighted by atomic mass is 10.2. The van der Waals surface area contributed by atoms with Crippen molar-refractivity contribution >= 4 is 28.9 Å². The number of nitrogens with one attached hydrogen (secondary N) is 2. The second-order valence-corrected chi connectivity index (χ2v) is 6.55. The monoisotopic (exact) mass is 360 g/mol. The van der Waals surface area contributed by atoms with Crippen LogP contribution in [0.2, 0.25) is 5.02 Å². The minimum atomic E-state index is 0.000924. The van der Waals surface area contributed by atoms with Crippen LogP contribution in [0.5, 0.6) is 5.75 Å². The minimum Gasteiger partial charge on any atom is -0.497 e. The Kier molecular flexibility index (Phi) is 5.79. The topological polar surface area (TPSA) is 46.0 Å². The van der Waals surface area contributed by atoms with Crippen molar-refractivity contribution in [1.29, 1.82) is 0 Å². The molecule has 5 nitrogen and oxygen atoms in total. The van der Waals surface area contributed by atoms with Gasteiger partial charge in [-0.25, -0.2) is 0 Å². The molecule has 3 rings (SSSR count). The van der Waals surface area contributed by atoms with E-state index in [0.29, 0.717) is 17.3 Å². The summed E-state index contributed by atoms with van der Waals surface area (Å²) in [5, 5.41) is 3.46. The molecular formula is C19H23ClN3O2+. The molecular weight excluding hydrogens is 338 g/mol. The molecule has 0 atom stereocenters. The number of ether oxygens (including phenoxy) is 1. The fourth-order valence-electron chi connectivity index (χ4n) is 3.04. The molecule has 132 valence electrons. The van der Waals surface area contributed by atoms with Gasteiger partial charge in [-0.1, -0.05) is 23.7 Å². The second kappa shape index (κ2) is 8.23. The number of carbonyl (C=O) groups is 1. The smallest absolute Gasteiger partial charge is 0.279 e. The maximum absolute atomic E-state index is 12.2. The van der Waals surface area contributed by atoms with Crippen molar-refractivity contribution in [2.45, 2.75) is 0 Å². The Morgan fingerprint density at radius 2 is 1.84 bits per heavy atom. The number of anilines is 2. The van der Waals surface area contributed by atoms with Gasteiger partial charge in [0.1, 0.15) is 5.75 Å². The molecule has 6 heteroatoms. The minimum absolute atomic E-state index is 0.000924. The molecule has 0 saturated carbocycles. The zero-order chi connectivity index (χ0) is 17.6. The summed E-state index contributed by atoms with van der Waals surface area (Å²) < 4.78 is 5.20. The van der Waals surface area contributed by atoms with Gasteiger partial charge in [-0.3, -0.25) is 4.79 Å². The number of benzene rings is 2. The van der Waals surface area contributed by atoms with E-state index in [1.54, 1.807) is 13.2 Å². The Balaban J connectivity index is 1.48. The van der Waals surface area contributed by atoms with E-state index in [4.69, 9.17) is 16.3 Å². The van der Waals surface area contributed by atoms with Gasteiger partial charge < -0.3 is 19.9 Å². The lowest BCUT2D eigenvalue weighted by Gasteiger charge is -2.33. The normalized spacial score (nSPS) is 15.0. The summed E-state index contributed by atoms with van der Waals surface area (Å²) in [6, 6.07) is 15.4. The molecule has 1 fully saturated rings. The highest BCUT2D eigenvalue weighted by atomic mass is 35.5. The van der Waals surface area contributed by atoms with Crippen molar-refractivity contribution in [2.24, 2.45) is 0 Å². The van der Waals surface area contributed by atoms with Crippen molar-refractivity contribution in [1.82, 2.24) is 0 Å². The maximum atomic E-state index is 12.2. The van der Waals surface area contributed by atoms with Crippen LogP contribution in [0, 0.1) is 0 Å². The molecule has 2 aromatic carbocycles. The number of para-hydroxylation sites is 1.